The molecule has 1 saturated heterocycles. The van der Waals surface area contributed by atoms with Gasteiger partial charge in [-0.25, -0.2) is 0 Å². The van der Waals surface area contributed by atoms with Gasteiger partial charge in [0, 0.05) is 24.8 Å². The van der Waals surface area contributed by atoms with Gasteiger partial charge in [0.15, 0.2) is 0 Å². The summed E-state index contributed by atoms with van der Waals surface area (Å²) in [5.41, 5.74) is 2.27. The van der Waals surface area contributed by atoms with Crippen LogP contribution in [0.25, 0.3) is 11.1 Å². The molecule has 0 unspecified atom stereocenters. The maximum Gasteiger partial charge on any atom is 0.138 e. The van der Waals surface area contributed by atoms with Crippen LogP contribution in [0.1, 0.15) is 6.42 Å². The predicted molar refractivity (Wildman–Crippen MR) is 76.2 cm³/mol. The van der Waals surface area contributed by atoms with Crippen molar-refractivity contribution in [3.05, 3.63) is 48.8 Å². The van der Waals surface area contributed by atoms with E-state index in [1.165, 1.54) is 5.56 Å². The lowest BCUT2D eigenvalue weighted by Crippen LogP contribution is -2.21. The third-order valence-corrected chi connectivity index (χ3v) is 3.47. The first-order valence-corrected chi connectivity index (χ1v) is 6.67. The number of likely N-dealkylation sites (tertiary alicyclic amines) is 1. The van der Waals surface area contributed by atoms with Gasteiger partial charge in [0.25, 0.3) is 0 Å². The van der Waals surface area contributed by atoms with Crippen LogP contribution in [0.4, 0.5) is 0 Å². The Morgan fingerprint density at radius 3 is 2.74 bits per heavy atom. The smallest absolute Gasteiger partial charge is 0.138 e. The molecule has 0 saturated carbocycles. The highest BCUT2D eigenvalue weighted by Crippen LogP contribution is 2.24. The molecular formula is C16H18N2O. The second kappa shape index (κ2) is 5.41. The van der Waals surface area contributed by atoms with Crippen LogP contribution in [-0.2, 0) is 0 Å². The second-order valence-corrected chi connectivity index (χ2v) is 5.07. The third-order valence-electron chi connectivity index (χ3n) is 3.47. The minimum atomic E-state index is 0.290. The molecule has 0 N–H and O–H groups in total. The van der Waals surface area contributed by atoms with Gasteiger partial charge in [-0.1, -0.05) is 30.3 Å². The van der Waals surface area contributed by atoms with Crippen LogP contribution in [0.5, 0.6) is 5.75 Å². The van der Waals surface area contributed by atoms with Crippen LogP contribution in [0, 0.1) is 0 Å². The first kappa shape index (κ1) is 12.2. The number of rotatable bonds is 3. The normalized spacial score (nSPS) is 19.5. The minimum Gasteiger partial charge on any atom is -0.487 e. The first-order chi connectivity index (χ1) is 9.31. The van der Waals surface area contributed by atoms with E-state index in [9.17, 15) is 0 Å². The van der Waals surface area contributed by atoms with Crippen LogP contribution < -0.4 is 4.74 Å². The van der Waals surface area contributed by atoms with E-state index in [-0.39, 0.29) is 6.10 Å². The Bertz CT molecular complexity index is 541. The van der Waals surface area contributed by atoms with E-state index in [0.29, 0.717) is 0 Å². The number of hydrogen-bond donors (Lipinski definition) is 0. The van der Waals surface area contributed by atoms with Gasteiger partial charge < -0.3 is 9.64 Å². The lowest BCUT2D eigenvalue weighted by atomic mass is 10.1. The van der Waals surface area contributed by atoms with Crippen LogP contribution in [0.15, 0.2) is 48.8 Å². The van der Waals surface area contributed by atoms with Crippen molar-refractivity contribution in [1.29, 1.82) is 0 Å². The molecule has 1 aliphatic heterocycles. The number of benzene rings is 1. The third kappa shape index (κ3) is 2.93. The van der Waals surface area contributed by atoms with Gasteiger partial charge in [0.2, 0.25) is 0 Å². The van der Waals surface area contributed by atoms with Gasteiger partial charge >= 0.3 is 0 Å². The lowest BCUT2D eigenvalue weighted by molar-refractivity contribution is 0.207. The summed E-state index contributed by atoms with van der Waals surface area (Å²) in [5, 5.41) is 0. The Hall–Kier alpha value is -1.87. The molecule has 2 aromatic rings. The summed E-state index contributed by atoms with van der Waals surface area (Å²) in [6.07, 6.45) is 5.05. The molecule has 3 heteroatoms. The summed E-state index contributed by atoms with van der Waals surface area (Å²) in [7, 11) is 2.13. The highest BCUT2D eigenvalue weighted by atomic mass is 16.5. The average molecular weight is 254 g/mol. The SMILES string of the molecule is CN1CC[C@H](Oc2cncc(-c3ccccc3)c2)C1. The Labute approximate surface area is 113 Å². The molecule has 1 aromatic heterocycles. The number of likely N-dealkylation sites (N-methyl/N-ethyl adjacent to an activating group) is 1. The zero-order valence-electron chi connectivity index (χ0n) is 11.1. The number of aromatic nitrogens is 1. The fraction of sp³-hybridized carbons (Fsp3) is 0.312. The van der Waals surface area contributed by atoms with Crippen molar-refractivity contribution < 1.29 is 4.74 Å². The number of nitrogens with zero attached hydrogens (tertiary/aromatic N) is 2. The van der Waals surface area contributed by atoms with Crippen molar-refractivity contribution in [2.45, 2.75) is 12.5 Å². The van der Waals surface area contributed by atoms with Crippen molar-refractivity contribution in [3.8, 4) is 16.9 Å². The Kier molecular flexibility index (Phi) is 3.47. The summed E-state index contributed by atoms with van der Waals surface area (Å²) in [6, 6.07) is 12.3. The van der Waals surface area contributed by atoms with E-state index in [4.69, 9.17) is 4.74 Å². The molecule has 2 heterocycles. The van der Waals surface area contributed by atoms with Crippen molar-refractivity contribution in [3.63, 3.8) is 0 Å². The molecule has 1 aliphatic rings. The quantitative estimate of drug-likeness (QED) is 0.842. The van der Waals surface area contributed by atoms with E-state index in [1.807, 2.05) is 24.4 Å². The average Bonchev–Trinajstić information content (AvgIpc) is 2.85. The first-order valence-electron chi connectivity index (χ1n) is 6.67. The van der Waals surface area contributed by atoms with E-state index in [1.54, 1.807) is 6.20 Å². The molecule has 0 aliphatic carbocycles. The molecule has 98 valence electrons. The van der Waals surface area contributed by atoms with Gasteiger partial charge in [-0.05, 0) is 25.1 Å². The van der Waals surface area contributed by atoms with E-state index in [0.717, 1.165) is 30.8 Å². The van der Waals surface area contributed by atoms with Gasteiger partial charge in [-0.3, -0.25) is 4.98 Å². The molecular weight excluding hydrogens is 236 g/mol. The lowest BCUT2D eigenvalue weighted by Gasteiger charge is -2.14. The molecule has 3 nitrogen and oxygen atoms in total. The fourth-order valence-electron chi connectivity index (χ4n) is 2.45. The standard InChI is InChI=1S/C16H18N2O/c1-18-8-7-15(12-18)19-16-9-14(10-17-11-16)13-5-3-2-4-6-13/h2-6,9-11,15H,7-8,12H2,1H3/t15-/m0/s1. The topological polar surface area (TPSA) is 25.4 Å². The summed E-state index contributed by atoms with van der Waals surface area (Å²) >= 11 is 0. The fourth-order valence-corrected chi connectivity index (χ4v) is 2.45. The minimum absolute atomic E-state index is 0.290. The van der Waals surface area contributed by atoms with Gasteiger partial charge in [-0.15, -0.1) is 0 Å². The largest absolute Gasteiger partial charge is 0.487 e. The molecule has 1 fully saturated rings. The molecule has 0 amide bonds. The Morgan fingerprint density at radius 1 is 1.16 bits per heavy atom. The van der Waals surface area contributed by atoms with Gasteiger partial charge in [0.1, 0.15) is 11.9 Å². The van der Waals surface area contributed by atoms with Crippen molar-refractivity contribution >= 4 is 0 Å². The summed E-state index contributed by atoms with van der Waals surface area (Å²) < 4.78 is 6.00. The highest BCUT2D eigenvalue weighted by molar-refractivity contribution is 5.63. The molecule has 3 rings (SSSR count). The zero-order chi connectivity index (χ0) is 13.1. The number of hydrogen-bond acceptors (Lipinski definition) is 3. The van der Waals surface area contributed by atoms with Crippen LogP contribution >= 0.6 is 0 Å². The Balaban J connectivity index is 1.77. The van der Waals surface area contributed by atoms with Gasteiger partial charge in [-0.2, -0.15) is 0 Å². The number of pyridine rings is 1. The van der Waals surface area contributed by atoms with Crippen LogP contribution in [0.3, 0.4) is 0 Å². The predicted octanol–water partition coefficient (Wildman–Crippen LogP) is 2.83. The van der Waals surface area contributed by atoms with Crippen LogP contribution in [0.2, 0.25) is 0 Å². The van der Waals surface area contributed by atoms with Crippen molar-refractivity contribution in [2.24, 2.45) is 0 Å². The summed E-state index contributed by atoms with van der Waals surface area (Å²) in [5.74, 6) is 0.863. The van der Waals surface area contributed by atoms with E-state index < -0.39 is 0 Å². The van der Waals surface area contributed by atoms with E-state index >= 15 is 0 Å². The summed E-state index contributed by atoms with van der Waals surface area (Å²) in [6.45, 7) is 2.10. The molecule has 0 radical (unpaired) electrons. The molecule has 1 atom stereocenters. The highest BCUT2D eigenvalue weighted by Gasteiger charge is 2.20. The molecule has 19 heavy (non-hydrogen) atoms. The van der Waals surface area contributed by atoms with Crippen molar-refractivity contribution in [1.82, 2.24) is 9.88 Å². The summed E-state index contributed by atoms with van der Waals surface area (Å²) in [4.78, 5) is 6.57. The van der Waals surface area contributed by atoms with E-state index in [2.05, 4.69) is 35.1 Å². The molecule has 1 aromatic carbocycles. The van der Waals surface area contributed by atoms with Crippen LogP contribution in [-0.4, -0.2) is 36.1 Å². The molecule has 0 bridgehead atoms. The number of ether oxygens (including phenoxy) is 1. The molecule has 0 spiro atoms. The van der Waals surface area contributed by atoms with Gasteiger partial charge in [0.05, 0.1) is 6.20 Å². The Morgan fingerprint density at radius 2 is 2.00 bits per heavy atom. The zero-order valence-corrected chi connectivity index (χ0v) is 11.1. The maximum absolute atomic E-state index is 6.00. The monoisotopic (exact) mass is 254 g/mol. The second-order valence-electron chi connectivity index (χ2n) is 5.07. The van der Waals surface area contributed by atoms with Crippen molar-refractivity contribution in [2.75, 3.05) is 20.1 Å². The maximum atomic E-state index is 6.00.